The van der Waals surface area contributed by atoms with Gasteiger partial charge in [0.25, 0.3) is 0 Å². The van der Waals surface area contributed by atoms with Crippen LogP contribution in [0.5, 0.6) is 0 Å². The van der Waals surface area contributed by atoms with Crippen LogP contribution in [0.3, 0.4) is 0 Å². The van der Waals surface area contributed by atoms with Gasteiger partial charge in [-0.05, 0) is 20.3 Å². The van der Waals surface area contributed by atoms with E-state index in [-0.39, 0.29) is 10.8 Å². The summed E-state index contributed by atoms with van der Waals surface area (Å²) in [7, 11) is -3.61. The molecule has 1 N–H and O–H groups in total. The van der Waals surface area contributed by atoms with Crippen molar-refractivity contribution in [2.45, 2.75) is 38.5 Å². The number of oxime groups is 1. The Morgan fingerprint density at radius 3 is 2.70 bits per heavy atom. The second kappa shape index (κ2) is 5.53. The first-order chi connectivity index (χ1) is 9.41. The maximum absolute atomic E-state index is 12.7. The zero-order valence-corrected chi connectivity index (χ0v) is 12.6. The molecule has 112 valence electrons. The molecule has 1 aliphatic heterocycles. The summed E-state index contributed by atoms with van der Waals surface area (Å²) in [5.41, 5.74) is 1.04. The Balaban J connectivity index is 2.33. The van der Waals surface area contributed by atoms with Crippen LogP contribution in [-0.2, 0) is 10.0 Å². The lowest BCUT2D eigenvalue weighted by atomic mass is 9.95. The lowest BCUT2D eigenvalue weighted by Gasteiger charge is -2.31. The molecule has 0 aliphatic carbocycles. The summed E-state index contributed by atoms with van der Waals surface area (Å²) in [6.45, 7) is 5.78. The SMILES string of the molecule is CCC1CN(S(=O)(=O)c2c(C)noc2C)CCC1=NO. The monoisotopic (exact) mass is 301 g/mol. The average Bonchev–Trinajstić information content (AvgIpc) is 2.77. The van der Waals surface area contributed by atoms with E-state index in [9.17, 15) is 8.42 Å². The van der Waals surface area contributed by atoms with E-state index in [1.165, 1.54) is 4.31 Å². The summed E-state index contributed by atoms with van der Waals surface area (Å²) in [4.78, 5) is 0.150. The minimum absolute atomic E-state index is 0.0519. The molecule has 1 aliphatic rings. The van der Waals surface area contributed by atoms with Gasteiger partial charge in [-0.3, -0.25) is 0 Å². The molecule has 1 atom stereocenters. The van der Waals surface area contributed by atoms with Crippen molar-refractivity contribution >= 4 is 15.7 Å². The van der Waals surface area contributed by atoms with Crippen molar-refractivity contribution in [1.29, 1.82) is 0 Å². The Bertz CT molecular complexity index is 601. The van der Waals surface area contributed by atoms with Crippen LogP contribution in [0.1, 0.15) is 31.2 Å². The predicted octanol–water partition coefficient (Wildman–Crippen LogP) is 1.54. The molecule has 1 aromatic rings. The molecule has 7 nitrogen and oxygen atoms in total. The number of aromatic nitrogens is 1. The van der Waals surface area contributed by atoms with Gasteiger partial charge >= 0.3 is 0 Å². The molecule has 1 unspecified atom stereocenters. The fraction of sp³-hybridized carbons (Fsp3) is 0.667. The molecule has 0 bridgehead atoms. The van der Waals surface area contributed by atoms with Crippen molar-refractivity contribution in [1.82, 2.24) is 9.46 Å². The Labute approximate surface area is 118 Å². The highest BCUT2D eigenvalue weighted by Crippen LogP contribution is 2.27. The highest BCUT2D eigenvalue weighted by atomic mass is 32.2. The van der Waals surface area contributed by atoms with Crippen molar-refractivity contribution in [3.8, 4) is 0 Å². The van der Waals surface area contributed by atoms with Crippen LogP contribution in [-0.4, -0.2) is 41.9 Å². The predicted molar refractivity (Wildman–Crippen MR) is 72.4 cm³/mol. The summed E-state index contributed by atoms with van der Waals surface area (Å²) in [6.07, 6.45) is 1.17. The Morgan fingerprint density at radius 1 is 1.50 bits per heavy atom. The summed E-state index contributed by atoms with van der Waals surface area (Å²) in [5.74, 6) is 0.251. The third-order valence-corrected chi connectivity index (χ3v) is 5.81. The van der Waals surface area contributed by atoms with E-state index >= 15 is 0 Å². The number of aryl methyl sites for hydroxylation is 2. The van der Waals surface area contributed by atoms with Gasteiger partial charge in [0.2, 0.25) is 10.0 Å². The molecule has 0 spiro atoms. The van der Waals surface area contributed by atoms with Gasteiger partial charge in [-0.25, -0.2) is 8.42 Å². The second-order valence-electron chi connectivity index (χ2n) is 4.96. The number of nitrogens with zero attached hydrogens (tertiary/aromatic N) is 3. The molecule has 8 heteroatoms. The summed E-state index contributed by atoms with van der Waals surface area (Å²) in [5, 5.41) is 15.9. The molecule has 0 amide bonds. The van der Waals surface area contributed by atoms with E-state index in [1.807, 2.05) is 6.92 Å². The highest BCUT2D eigenvalue weighted by molar-refractivity contribution is 7.89. The molecule has 0 radical (unpaired) electrons. The third kappa shape index (κ3) is 2.45. The first-order valence-corrected chi connectivity index (χ1v) is 7.99. The van der Waals surface area contributed by atoms with Crippen LogP contribution in [0, 0.1) is 19.8 Å². The minimum Gasteiger partial charge on any atom is -0.411 e. The lowest BCUT2D eigenvalue weighted by molar-refractivity contribution is 0.295. The van der Waals surface area contributed by atoms with Crippen molar-refractivity contribution in [3.63, 3.8) is 0 Å². The van der Waals surface area contributed by atoms with Crippen molar-refractivity contribution in [3.05, 3.63) is 11.5 Å². The third-order valence-electron chi connectivity index (χ3n) is 3.70. The van der Waals surface area contributed by atoms with Crippen LogP contribution >= 0.6 is 0 Å². The minimum atomic E-state index is -3.61. The van der Waals surface area contributed by atoms with Gasteiger partial charge < -0.3 is 9.73 Å². The number of piperidine rings is 1. The van der Waals surface area contributed by atoms with E-state index in [4.69, 9.17) is 9.73 Å². The summed E-state index contributed by atoms with van der Waals surface area (Å²) < 4.78 is 31.7. The first kappa shape index (κ1) is 15.0. The maximum Gasteiger partial charge on any atom is 0.248 e. The van der Waals surface area contributed by atoms with Gasteiger partial charge in [-0.15, -0.1) is 0 Å². The normalized spacial score (nSPS) is 23.4. The molecule has 1 aromatic heterocycles. The number of hydrogen-bond donors (Lipinski definition) is 1. The van der Waals surface area contributed by atoms with Crippen LogP contribution in [0.4, 0.5) is 0 Å². The Hall–Kier alpha value is -1.41. The molecular formula is C12H19N3O4S. The number of hydrogen-bond acceptors (Lipinski definition) is 6. The van der Waals surface area contributed by atoms with Crippen LogP contribution in [0.15, 0.2) is 14.6 Å². The topological polar surface area (TPSA) is 96.0 Å². The first-order valence-electron chi connectivity index (χ1n) is 6.55. The van der Waals surface area contributed by atoms with Gasteiger partial charge in [0.1, 0.15) is 10.6 Å². The fourth-order valence-corrected chi connectivity index (χ4v) is 4.35. The maximum atomic E-state index is 12.7. The number of rotatable bonds is 3. The second-order valence-corrected chi connectivity index (χ2v) is 6.84. The lowest BCUT2D eigenvalue weighted by Crippen LogP contribution is -2.44. The van der Waals surface area contributed by atoms with Crippen molar-refractivity contribution in [2.75, 3.05) is 13.1 Å². The highest BCUT2D eigenvalue weighted by Gasteiger charge is 2.36. The van der Waals surface area contributed by atoms with Gasteiger partial charge in [0.05, 0.1) is 5.71 Å². The molecule has 1 fully saturated rings. The van der Waals surface area contributed by atoms with Crippen molar-refractivity contribution < 1.29 is 18.1 Å². The average molecular weight is 301 g/mol. The van der Waals surface area contributed by atoms with Gasteiger partial charge in [0.15, 0.2) is 5.76 Å². The van der Waals surface area contributed by atoms with Crippen molar-refractivity contribution in [2.24, 2.45) is 11.1 Å². The molecule has 2 rings (SSSR count). The fourth-order valence-electron chi connectivity index (χ4n) is 2.57. The van der Waals surface area contributed by atoms with Crippen LogP contribution in [0.2, 0.25) is 0 Å². The van der Waals surface area contributed by atoms with E-state index in [1.54, 1.807) is 13.8 Å². The Kier molecular flexibility index (Phi) is 4.14. The van der Waals surface area contributed by atoms with Gasteiger partial charge in [-0.2, -0.15) is 4.31 Å². The number of sulfonamides is 1. The van der Waals surface area contributed by atoms with E-state index in [0.717, 1.165) is 6.42 Å². The summed E-state index contributed by atoms with van der Waals surface area (Å²) in [6, 6.07) is 0. The summed E-state index contributed by atoms with van der Waals surface area (Å²) >= 11 is 0. The molecule has 2 heterocycles. The molecule has 1 saturated heterocycles. The van der Waals surface area contributed by atoms with Crippen LogP contribution < -0.4 is 0 Å². The van der Waals surface area contributed by atoms with E-state index < -0.39 is 10.0 Å². The standard InChI is InChI=1S/C12H19N3O4S/c1-4-10-7-15(6-5-11(10)13-16)20(17,18)12-8(2)14-19-9(12)3/h10,16H,4-7H2,1-3H3. The van der Waals surface area contributed by atoms with Gasteiger partial charge in [-0.1, -0.05) is 17.2 Å². The molecule has 0 saturated carbocycles. The van der Waals surface area contributed by atoms with Gasteiger partial charge in [0, 0.05) is 25.4 Å². The molecular weight excluding hydrogens is 282 g/mol. The largest absolute Gasteiger partial charge is 0.411 e. The molecule has 0 aromatic carbocycles. The van der Waals surface area contributed by atoms with E-state index in [0.29, 0.717) is 36.7 Å². The van der Waals surface area contributed by atoms with E-state index in [2.05, 4.69) is 10.3 Å². The zero-order valence-electron chi connectivity index (χ0n) is 11.8. The Morgan fingerprint density at radius 2 is 2.20 bits per heavy atom. The smallest absolute Gasteiger partial charge is 0.248 e. The van der Waals surface area contributed by atoms with Crippen LogP contribution in [0.25, 0.3) is 0 Å². The zero-order chi connectivity index (χ0) is 14.9. The molecule has 20 heavy (non-hydrogen) atoms. The quantitative estimate of drug-likeness (QED) is 0.675.